The van der Waals surface area contributed by atoms with E-state index in [1.807, 2.05) is 0 Å². The van der Waals surface area contributed by atoms with Gasteiger partial charge in [-0.3, -0.25) is 0 Å². The van der Waals surface area contributed by atoms with Crippen LogP contribution in [-0.2, 0) is 17.3 Å². The molecule has 0 heterocycles. The van der Waals surface area contributed by atoms with Gasteiger partial charge in [0.05, 0.1) is 0 Å². The van der Waals surface area contributed by atoms with Crippen molar-refractivity contribution in [3.63, 3.8) is 0 Å². The van der Waals surface area contributed by atoms with Crippen molar-refractivity contribution in [3.05, 3.63) is 13.6 Å². The van der Waals surface area contributed by atoms with Gasteiger partial charge in [-0.1, -0.05) is 0 Å². The summed E-state index contributed by atoms with van der Waals surface area (Å²) in [6.45, 7) is 0. The van der Waals surface area contributed by atoms with Gasteiger partial charge in [-0.05, 0) is 0 Å². The van der Waals surface area contributed by atoms with Crippen LogP contribution >= 0.6 is 19.6 Å². The topological polar surface area (TPSA) is 33.5 Å². The monoisotopic (exact) mass is 203 g/mol. The van der Waals surface area contributed by atoms with Gasteiger partial charge >= 0.3 is 27.0 Å². The van der Waals surface area contributed by atoms with Gasteiger partial charge in [0.2, 0.25) is 0 Å². The zero-order valence-corrected chi connectivity index (χ0v) is 7.07. The SMILES string of the molecule is P.[CH3-].[Cl][RuH+2].[NH2-]. The zero-order chi connectivity index (χ0) is 2.00. The number of halogens is 1. The van der Waals surface area contributed by atoms with Crippen LogP contribution < -0.4 is 0 Å². The van der Waals surface area contributed by atoms with Crippen molar-refractivity contribution >= 4 is 19.6 Å². The van der Waals surface area contributed by atoms with E-state index in [0.717, 1.165) is 0 Å². The molecule has 0 saturated heterocycles. The third-order valence-electron chi connectivity index (χ3n) is 0. The maximum Gasteiger partial charge on any atom is -0.693 e. The smallest absolute Gasteiger partial charge is 0.693 e. The second-order valence-corrected chi connectivity index (χ2v) is 0. The van der Waals surface area contributed by atoms with Crippen molar-refractivity contribution in [2.24, 2.45) is 0 Å². The second-order valence-electron chi connectivity index (χ2n) is 0. The van der Waals surface area contributed by atoms with Crippen LogP contribution in [0.1, 0.15) is 0 Å². The molecule has 4 heteroatoms. The number of rotatable bonds is 0. The second kappa shape index (κ2) is 57.8. The minimum atomic E-state index is 0. The van der Waals surface area contributed by atoms with Gasteiger partial charge in [0.25, 0.3) is 0 Å². The van der Waals surface area contributed by atoms with Crippen molar-refractivity contribution in [2.75, 3.05) is 0 Å². The Morgan fingerprint density at radius 3 is 1.20 bits per heavy atom. The normalized spacial score (nSPS) is 1.20. The number of hydrogen-bond acceptors (Lipinski definition) is 0. The van der Waals surface area contributed by atoms with Crippen LogP contribution in [0.3, 0.4) is 0 Å². The molecule has 1 unspecified atom stereocenters. The molecule has 0 aromatic carbocycles. The molecule has 0 aromatic heterocycles. The van der Waals surface area contributed by atoms with E-state index in [-0.39, 0.29) is 23.5 Å². The molecule has 0 fully saturated rings. The molecule has 0 spiro atoms. The van der Waals surface area contributed by atoms with Gasteiger partial charge < -0.3 is 13.6 Å². The summed E-state index contributed by atoms with van der Waals surface area (Å²) in [4.78, 5) is 0. The molecule has 0 aliphatic heterocycles. The van der Waals surface area contributed by atoms with E-state index in [4.69, 9.17) is 0 Å². The van der Waals surface area contributed by atoms with E-state index in [1.165, 1.54) is 0 Å². The van der Waals surface area contributed by atoms with E-state index < -0.39 is 0 Å². The summed E-state index contributed by atoms with van der Waals surface area (Å²) in [5.74, 6) is 0. The van der Waals surface area contributed by atoms with E-state index in [0.29, 0.717) is 0 Å². The Labute approximate surface area is 50.8 Å². The van der Waals surface area contributed by atoms with Crippen LogP contribution in [0, 0.1) is 7.43 Å². The van der Waals surface area contributed by atoms with Gasteiger partial charge in [0.15, 0.2) is 0 Å². The summed E-state index contributed by atoms with van der Waals surface area (Å²) in [6, 6.07) is 0. The van der Waals surface area contributed by atoms with Crippen LogP contribution in [-0.4, -0.2) is 0 Å². The summed E-state index contributed by atoms with van der Waals surface area (Å²) in [7, 11) is 4.61. The van der Waals surface area contributed by atoms with Crippen LogP contribution in [0.2, 0.25) is 0 Å². The molecular weight excluding hydrogens is 194 g/mol. The fraction of sp³-hybridized carbons (Fsp3) is 0. The summed E-state index contributed by atoms with van der Waals surface area (Å²) >= 11 is 1.62. The molecular formula is CH9ClNPRu. The molecule has 0 aromatic rings. The molecule has 1 atom stereocenters. The van der Waals surface area contributed by atoms with Crippen molar-refractivity contribution in [1.82, 2.24) is 0 Å². The molecule has 0 amide bonds. The van der Waals surface area contributed by atoms with Gasteiger partial charge in [-0.15, -0.1) is 0 Å². The van der Waals surface area contributed by atoms with Crippen LogP contribution in [0.25, 0.3) is 6.15 Å². The minimum Gasteiger partial charge on any atom is -0.693 e. The van der Waals surface area contributed by atoms with Gasteiger partial charge in [0.1, 0.15) is 0 Å². The molecule has 0 bridgehead atoms. The summed E-state index contributed by atoms with van der Waals surface area (Å²) < 4.78 is 0. The Hall–Kier alpha value is 1.30. The zero-order valence-electron chi connectivity index (χ0n) is 3.04. The van der Waals surface area contributed by atoms with E-state index in [2.05, 4.69) is 9.69 Å². The first-order valence-corrected chi connectivity index (χ1v) is 2.54. The average molecular weight is 203 g/mol. The summed E-state index contributed by atoms with van der Waals surface area (Å²) in [6.07, 6.45) is 0. The third kappa shape index (κ3) is 34.1. The fourth-order valence-corrected chi connectivity index (χ4v) is 0. The van der Waals surface area contributed by atoms with E-state index in [9.17, 15) is 0 Å². The first-order valence-electron chi connectivity index (χ1n) is 0.143. The van der Waals surface area contributed by atoms with E-state index >= 15 is 0 Å². The Morgan fingerprint density at radius 1 is 1.20 bits per heavy atom. The van der Waals surface area contributed by atoms with Gasteiger partial charge in [-0.2, -0.15) is 9.90 Å². The molecule has 0 rings (SSSR count). The Morgan fingerprint density at radius 2 is 1.20 bits per heavy atom. The Bertz CT molecular complexity index is 11.6. The molecule has 0 saturated carbocycles. The predicted octanol–water partition coefficient (Wildman–Crippen LogP) is 1.64. The van der Waals surface area contributed by atoms with Crippen molar-refractivity contribution in [1.29, 1.82) is 0 Å². The minimum absolute atomic E-state index is 0. The van der Waals surface area contributed by atoms with Gasteiger partial charge in [-0.25, -0.2) is 0 Å². The molecule has 2 N–H and O–H groups in total. The molecule has 38 valence electrons. The average Bonchev–Trinajstić information content (AvgIpc) is 1.00. The van der Waals surface area contributed by atoms with Crippen molar-refractivity contribution in [2.45, 2.75) is 0 Å². The first-order chi connectivity index (χ1) is 1.00. The maximum atomic E-state index is 4.61. The molecule has 0 radical (unpaired) electrons. The predicted molar refractivity (Wildman–Crippen MR) is 30.1 cm³/mol. The summed E-state index contributed by atoms with van der Waals surface area (Å²) in [5.41, 5.74) is 0. The van der Waals surface area contributed by atoms with E-state index in [1.54, 1.807) is 17.3 Å². The summed E-state index contributed by atoms with van der Waals surface area (Å²) in [5, 5.41) is 0. The third-order valence-corrected chi connectivity index (χ3v) is 0. The fourth-order valence-electron chi connectivity index (χ4n) is 0. The molecule has 0 aliphatic carbocycles. The Balaban J connectivity index is -0.00000000167. The van der Waals surface area contributed by atoms with Crippen molar-refractivity contribution in [3.8, 4) is 0 Å². The molecule has 0 aliphatic rings. The Kier molecular flexibility index (Phi) is 386. The largest absolute Gasteiger partial charge is 0.693 e. The first kappa shape index (κ1) is 33.4. The maximum absolute atomic E-state index is 4.61. The van der Waals surface area contributed by atoms with Crippen LogP contribution in [0.5, 0.6) is 0 Å². The number of hydrogen-bond donors (Lipinski definition) is 0. The van der Waals surface area contributed by atoms with Crippen LogP contribution in [0.4, 0.5) is 0 Å². The molecule has 5 heavy (non-hydrogen) atoms. The van der Waals surface area contributed by atoms with Crippen molar-refractivity contribution < 1.29 is 17.3 Å². The van der Waals surface area contributed by atoms with Gasteiger partial charge in [0, 0.05) is 0 Å². The van der Waals surface area contributed by atoms with Crippen LogP contribution in [0.15, 0.2) is 0 Å². The quantitative estimate of drug-likeness (QED) is 0.325. The molecule has 1 nitrogen and oxygen atoms in total. The number of nitrogens with two attached hydrogens (primary N) is 1. The standard InChI is InChI=1S/CH3.ClH.H2N.H3P.Ru.H/h1H3;1H;1H2;1H3;;/q-1;;-1;;+3;/p-1.